The largest absolute Gasteiger partial charge is 2.00 e. The molecule has 0 fully saturated rings. The zero-order valence-electron chi connectivity index (χ0n) is 4.79. The van der Waals surface area contributed by atoms with Crippen LogP contribution in [0, 0.1) is 0 Å². The second-order valence-corrected chi connectivity index (χ2v) is 0.267. The van der Waals surface area contributed by atoms with E-state index in [2.05, 4.69) is 0 Å². The van der Waals surface area contributed by atoms with Gasteiger partial charge in [0.15, 0.2) is 0 Å². The second kappa shape index (κ2) is 9.34. The predicted octanol–water partition coefficient (Wildman–Crippen LogP) is 0.820. The van der Waals surface area contributed by atoms with Crippen molar-refractivity contribution in [3.63, 3.8) is 0 Å². The van der Waals surface area contributed by atoms with Gasteiger partial charge in [0.05, 0.1) is 6.67 Å². The van der Waals surface area contributed by atoms with Crippen LogP contribution in [0.15, 0.2) is 0 Å². The van der Waals surface area contributed by atoms with Crippen molar-refractivity contribution in [1.29, 1.82) is 0 Å². The van der Waals surface area contributed by atoms with Gasteiger partial charge < -0.3 is 2.85 Å². The molecule has 0 saturated carbocycles. The van der Waals surface area contributed by atoms with Crippen LogP contribution < -0.4 is 0 Å². The summed E-state index contributed by atoms with van der Waals surface area (Å²) in [6, 6.07) is 0. The molecule has 0 amide bonds. The van der Waals surface area contributed by atoms with Crippen LogP contribution >= 0.6 is 0 Å². The average Bonchev–Trinajstić information content (AvgIpc) is 0.918. The molecule has 4 heavy (non-hydrogen) atoms. The number of halogens is 1. The summed E-state index contributed by atoms with van der Waals surface area (Å²) >= 11 is 0. The Labute approximate surface area is 44.5 Å². The van der Waals surface area contributed by atoms with Crippen LogP contribution in [0.3, 0.4) is 0 Å². The Morgan fingerprint density at radius 3 is 2.00 bits per heavy atom. The van der Waals surface area contributed by atoms with Crippen LogP contribution in [0.2, 0.25) is 0 Å². The predicted molar refractivity (Wildman–Crippen MR) is 19.6 cm³/mol. The van der Waals surface area contributed by atoms with Gasteiger partial charge in [-0.05, 0) is 6.92 Å². The Balaban J connectivity index is -0.00000000667. The zero-order valence-corrected chi connectivity index (χ0v) is 4.21. The van der Waals surface area contributed by atoms with E-state index in [4.69, 9.17) is 0 Å². The molecule has 0 radical (unpaired) electrons. The average molecular weight is 74.4 g/mol. The van der Waals surface area contributed by atoms with Gasteiger partial charge in [-0.2, -0.15) is 0 Å². The summed E-state index contributed by atoms with van der Waals surface area (Å²) in [6.07, 6.45) is 0. The van der Waals surface area contributed by atoms with E-state index < -0.39 is 0 Å². The van der Waals surface area contributed by atoms with E-state index in [1.165, 1.54) is 6.92 Å². The maximum atomic E-state index is 10.3. The Morgan fingerprint density at radius 2 is 2.00 bits per heavy atom. The molecule has 0 rings (SSSR count). The van der Waals surface area contributed by atoms with E-state index in [0.717, 1.165) is 0 Å². The summed E-state index contributed by atoms with van der Waals surface area (Å²) in [4.78, 5) is 0. The van der Waals surface area contributed by atoms with Gasteiger partial charge in [0.2, 0.25) is 0 Å². The molecule has 0 aromatic heterocycles. The van der Waals surface area contributed by atoms with Crippen LogP contribution in [0.4, 0.5) is 4.39 Å². The topological polar surface area (TPSA) is 0 Å². The molecule has 0 heterocycles. The van der Waals surface area contributed by atoms with Gasteiger partial charge in [-0.15, -0.1) is 0 Å². The maximum absolute atomic E-state index is 10.3. The van der Waals surface area contributed by atoms with Crippen LogP contribution in [0.5, 0.6) is 0 Å². The summed E-state index contributed by atoms with van der Waals surface area (Å²) in [5, 5.41) is 0. The summed E-state index contributed by atoms with van der Waals surface area (Å²) in [7, 11) is 0. The molecule has 0 aliphatic carbocycles. The third-order valence-electron chi connectivity index (χ3n) is 0. The number of hydrogen-bond acceptors (Lipinski definition) is 0. The molecule has 24 valence electrons. The molecule has 0 aromatic rings. The molecule has 2 heteroatoms. The monoisotopic (exact) mass is 74.0 g/mol. The molecule has 0 N–H and O–H groups in total. The van der Waals surface area contributed by atoms with Crippen molar-refractivity contribution < 1.29 is 7.24 Å². The third-order valence-corrected chi connectivity index (χ3v) is 0. The molecule has 0 saturated heterocycles. The summed E-state index contributed by atoms with van der Waals surface area (Å²) in [5.74, 6) is 0. The Bertz CT molecular complexity index is 11.5. The molecule has 0 aromatic carbocycles. The summed E-state index contributed by atoms with van der Waals surface area (Å²) < 4.78 is 10.3. The molecule has 0 nitrogen and oxygen atoms in total. The Kier molecular flexibility index (Phi) is 20.6. The minimum Gasteiger partial charge on any atom is -1.00 e. The van der Waals surface area contributed by atoms with Crippen LogP contribution in [-0.2, 0) is 0 Å². The van der Waals surface area contributed by atoms with Crippen molar-refractivity contribution in [3.05, 3.63) is 0 Å². The fraction of sp³-hybridized carbons (Fsp3) is 1.00. The first-order valence-electron chi connectivity index (χ1n) is 0.974. The van der Waals surface area contributed by atoms with Crippen molar-refractivity contribution in [2.45, 2.75) is 6.92 Å². The van der Waals surface area contributed by atoms with Crippen LogP contribution in [-0.4, -0.2) is 29.7 Å². The van der Waals surface area contributed by atoms with E-state index >= 15 is 0 Å². The van der Waals surface area contributed by atoms with Gasteiger partial charge >= 0.3 is 23.1 Å². The molecular formula is C2H7FMg. The van der Waals surface area contributed by atoms with E-state index in [1.54, 1.807) is 0 Å². The minimum absolute atomic E-state index is 0. The quantitative estimate of drug-likeness (QED) is 0.373. The van der Waals surface area contributed by atoms with Crippen molar-refractivity contribution in [3.8, 4) is 0 Å². The standard InChI is InChI=1S/C2H5F.Mg.2H/c1-2-3;;;/h2H2,1H3;;;/q;+2;2*-1. The Morgan fingerprint density at radius 1 is 2.00 bits per heavy atom. The molecule has 0 aliphatic rings. The van der Waals surface area contributed by atoms with E-state index in [1.807, 2.05) is 0 Å². The van der Waals surface area contributed by atoms with E-state index in [0.29, 0.717) is 0 Å². The Hall–Kier alpha value is 0.696. The van der Waals surface area contributed by atoms with Crippen molar-refractivity contribution >= 4 is 23.1 Å². The van der Waals surface area contributed by atoms with Crippen molar-refractivity contribution in [2.24, 2.45) is 0 Å². The molecule has 0 aliphatic heterocycles. The van der Waals surface area contributed by atoms with Crippen molar-refractivity contribution in [2.75, 3.05) is 6.67 Å². The number of alkyl halides is 1. The second-order valence-electron chi connectivity index (χ2n) is 0.267. The molecular weight excluding hydrogens is 67.3 g/mol. The van der Waals surface area contributed by atoms with Crippen LogP contribution in [0.1, 0.15) is 9.78 Å². The summed E-state index contributed by atoms with van der Waals surface area (Å²) in [5.41, 5.74) is 0. The van der Waals surface area contributed by atoms with E-state index in [-0.39, 0.29) is 32.6 Å². The first-order chi connectivity index (χ1) is 1.41. The van der Waals surface area contributed by atoms with E-state index in [9.17, 15) is 4.39 Å². The summed E-state index contributed by atoms with van der Waals surface area (Å²) in [6.45, 7) is 1.21. The normalized spacial score (nSPS) is 4.50. The van der Waals surface area contributed by atoms with Gasteiger partial charge in [0, 0.05) is 0 Å². The molecule has 0 atom stereocenters. The molecule has 0 unspecified atom stereocenters. The number of rotatable bonds is 0. The fourth-order valence-corrected chi connectivity index (χ4v) is 0. The minimum atomic E-state index is -0.250. The van der Waals surface area contributed by atoms with Gasteiger partial charge in [0.25, 0.3) is 0 Å². The number of hydrogen-bond donors (Lipinski definition) is 0. The van der Waals surface area contributed by atoms with Crippen molar-refractivity contribution in [1.82, 2.24) is 0 Å². The first kappa shape index (κ1) is 8.83. The zero-order chi connectivity index (χ0) is 2.71. The SMILES string of the molecule is CCF.[H-].[H-].[Mg+2]. The molecule has 0 bridgehead atoms. The maximum Gasteiger partial charge on any atom is 2.00 e. The van der Waals surface area contributed by atoms with Gasteiger partial charge in [0.1, 0.15) is 0 Å². The smallest absolute Gasteiger partial charge is 1.00 e. The molecule has 0 spiro atoms. The first-order valence-corrected chi connectivity index (χ1v) is 0.974. The fourth-order valence-electron chi connectivity index (χ4n) is 0. The van der Waals surface area contributed by atoms with Gasteiger partial charge in [-0.1, -0.05) is 0 Å². The van der Waals surface area contributed by atoms with Gasteiger partial charge in [-0.25, -0.2) is 0 Å². The van der Waals surface area contributed by atoms with Gasteiger partial charge in [-0.3, -0.25) is 4.39 Å². The van der Waals surface area contributed by atoms with Crippen LogP contribution in [0.25, 0.3) is 0 Å². The third kappa shape index (κ3) is 16.0.